The number of benzene rings is 2. The maximum absolute atomic E-state index is 12.1. The summed E-state index contributed by atoms with van der Waals surface area (Å²) in [6, 6.07) is 16.6. The normalized spacial score (nSPS) is 11.5. The standard InChI is InChI=1S/C23H26N6O4S3.2H2S/c24-16(35-22(26)28-20(32)18(30)14-7-3-1-4-8-14)11-12-34-13-17(25)36-23(27)29-21(33)19(31)15-9-5-2-6-10-15;;/h1-10,18-19,24-25,30-31H,11-13H2,(H2,26,28,32)(H2,27,29,33);2*1H2/t18-,19-;;/m0../s1. The molecule has 2 atom stereocenters. The van der Waals surface area contributed by atoms with Crippen molar-refractivity contribution in [3.05, 3.63) is 71.8 Å². The zero-order valence-electron chi connectivity index (χ0n) is 20.0. The number of carbonyl (C=O) groups excluding carboxylic acids is 2. The van der Waals surface area contributed by atoms with E-state index in [4.69, 9.17) is 21.6 Å². The van der Waals surface area contributed by atoms with Gasteiger partial charge in [0.15, 0.2) is 22.5 Å². The Hall–Kier alpha value is -2.27. The van der Waals surface area contributed by atoms with Gasteiger partial charge in [0.25, 0.3) is 11.8 Å². The summed E-state index contributed by atoms with van der Waals surface area (Å²) in [6.07, 6.45) is -2.53. The van der Waals surface area contributed by atoms with Gasteiger partial charge < -0.3 is 20.8 Å². The van der Waals surface area contributed by atoms with Crippen molar-refractivity contribution in [1.29, 1.82) is 21.6 Å². The van der Waals surface area contributed by atoms with Crippen LogP contribution in [0.4, 0.5) is 0 Å². The maximum atomic E-state index is 12.1. The molecule has 2 aromatic rings. The lowest BCUT2D eigenvalue weighted by Crippen LogP contribution is -2.33. The van der Waals surface area contributed by atoms with Crippen molar-refractivity contribution in [1.82, 2.24) is 10.6 Å². The fourth-order valence-corrected chi connectivity index (χ4v) is 4.93. The Morgan fingerprint density at radius 2 is 1.11 bits per heavy atom. The second-order valence-corrected chi connectivity index (χ2v) is 10.4. The average molecular weight is 615 g/mol. The number of rotatable bonds is 9. The second-order valence-electron chi connectivity index (χ2n) is 7.12. The molecular formula is C23H30N6O4S5. The molecule has 10 nitrogen and oxygen atoms in total. The van der Waals surface area contributed by atoms with E-state index in [1.807, 2.05) is 0 Å². The fraction of sp³-hybridized carbons (Fsp3) is 0.217. The Morgan fingerprint density at radius 3 is 1.53 bits per heavy atom. The van der Waals surface area contributed by atoms with Crippen LogP contribution in [0.1, 0.15) is 29.8 Å². The zero-order valence-corrected chi connectivity index (χ0v) is 24.4. The van der Waals surface area contributed by atoms with Gasteiger partial charge in [0.2, 0.25) is 0 Å². The first-order chi connectivity index (χ1) is 17.2. The largest absolute Gasteiger partial charge is 0.378 e. The van der Waals surface area contributed by atoms with Crippen LogP contribution < -0.4 is 10.6 Å². The molecule has 2 amide bonds. The molecular weight excluding hydrogens is 585 g/mol. The van der Waals surface area contributed by atoms with E-state index in [1.54, 1.807) is 60.7 Å². The molecule has 15 heteroatoms. The highest BCUT2D eigenvalue weighted by Gasteiger charge is 2.20. The molecule has 0 heterocycles. The molecule has 0 bridgehead atoms. The van der Waals surface area contributed by atoms with E-state index in [1.165, 1.54) is 11.8 Å². The van der Waals surface area contributed by atoms with Gasteiger partial charge in [-0.15, -0.1) is 0 Å². The molecule has 0 radical (unpaired) electrons. The first kappa shape index (κ1) is 35.7. The maximum Gasteiger partial charge on any atom is 0.259 e. The molecule has 2 aromatic carbocycles. The highest BCUT2D eigenvalue weighted by molar-refractivity contribution is 8.27. The van der Waals surface area contributed by atoms with Crippen LogP contribution in [0.2, 0.25) is 0 Å². The molecule has 2 rings (SSSR count). The summed E-state index contributed by atoms with van der Waals surface area (Å²) >= 11 is 2.86. The van der Waals surface area contributed by atoms with Crippen LogP contribution in [0, 0.1) is 21.6 Å². The summed E-state index contributed by atoms with van der Waals surface area (Å²) in [5.41, 5.74) is 0.804. The van der Waals surface area contributed by atoms with Gasteiger partial charge in [-0.05, 0) is 40.4 Å². The zero-order chi connectivity index (χ0) is 26.5. The molecule has 0 fully saturated rings. The minimum Gasteiger partial charge on any atom is -0.378 e. The molecule has 38 heavy (non-hydrogen) atoms. The smallest absolute Gasteiger partial charge is 0.259 e. The van der Waals surface area contributed by atoms with Crippen LogP contribution in [0.15, 0.2) is 60.7 Å². The third-order valence-electron chi connectivity index (χ3n) is 4.36. The number of aliphatic hydroxyl groups is 2. The van der Waals surface area contributed by atoms with Crippen LogP contribution in [0.5, 0.6) is 0 Å². The highest BCUT2D eigenvalue weighted by Crippen LogP contribution is 2.17. The summed E-state index contributed by atoms with van der Waals surface area (Å²) in [6.45, 7) is 0. The first-order valence-corrected chi connectivity index (χ1v) is 13.3. The lowest BCUT2D eigenvalue weighted by molar-refractivity contribution is -0.128. The number of carbonyl (C=O) groups is 2. The molecule has 0 unspecified atom stereocenters. The van der Waals surface area contributed by atoms with Crippen molar-refractivity contribution in [2.75, 3.05) is 11.5 Å². The molecule has 0 aliphatic carbocycles. The van der Waals surface area contributed by atoms with Gasteiger partial charge in [-0.1, -0.05) is 60.7 Å². The fourth-order valence-electron chi connectivity index (χ4n) is 2.64. The minimum atomic E-state index is -1.41. The quantitative estimate of drug-likeness (QED) is 0.120. The summed E-state index contributed by atoms with van der Waals surface area (Å²) < 4.78 is 0. The molecule has 0 spiro atoms. The third kappa shape index (κ3) is 13.0. The van der Waals surface area contributed by atoms with E-state index in [9.17, 15) is 19.8 Å². The Bertz CT molecular complexity index is 1020. The van der Waals surface area contributed by atoms with Gasteiger partial charge >= 0.3 is 0 Å². The number of amidine groups is 2. The van der Waals surface area contributed by atoms with E-state index in [2.05, 4.69) is 10.6 Å². The number of thioether (sulfide) groups is 3. The van der Waals surface area contributed by atoms with E-state index in [0.717, 1.165) is 23.5 Å². The Labute approximate surface area is 247 Å². The minimum absolute atomic E-state index is 0. The van der Waals surface area contributed by atoms with Crippen LogP contribution >= 0.6 is 62.3 Å². The van der Waals surface area contributed by atoms with E-state index in [0.29, 0.717) is 23.3 Å². The monoisotopic (exact) mass is 614 g/mol. The van der Waals surface area contributed by atoms with Gasteiger partial charge in [0.1, 0.15) is 0 Å². The van der Waals surface area contributed by atoms with Crippen LogP contribution in [0.25, 0.3) is 0 Å². The van der Waals surface area contributed by atoms with E-state index in [-0.39, 0.29) is 53.2 Å². The van der Waals surface area contributed by atoms with Crippen molar-refractivity contribution in [2.45, 2.75) is 18.6 Å². The van der Waals surface area contributed by atoms with E-state index < -0.39 is 24.0 Å². The number of hydrogen-bond acceptors (Lipinski definition) is 11. The molecule has 0 aliphatic heterocycles. The molecule has 206 valence electrons. The highest BCUT2D eigenvalue weighted by atomic mass is 32.2. The van der Waals surface area contributed by atoms with E-state index >= 15 is 0 Å². The lowest BCUT2D eigenvalue weighted by Gasteiger charge is -2.12. The first-order valence-electron chi connectivity index (χ1n) is 10.5. The van der Waals surface area contributed by atoms with Crippen molar-refractivity contribution in [2.24, 2.45) is 0 Å². The number of hydrogen-bond donors (Lipinski definition) is 8. The van der Waals surface area contributed by atoms with Crippen molar-refractivity contribution >= 4 is 94.5 Å². The molecule has 0 aliphatic rings. The SMILES string of the molecule is N=C(CCSCC(=N)SC(=N)NC(=O)[C@@H](O)c1ccccc1)SC(=N)NC(=O)[C@@H](O)c1ccccc1.S.S. The van der Waals surface area contributed by atoms with Gasteiger partial charge in [-0.2, -0.15) is 38.8 Å². The van der Waals surface area contributed by atoms with Crippen molar-refractivity contribution < 1.29 is 19.8 Å². The third-order valence-corrected chi connectivity index (χ3v) is 6.98. The van der Waals surface area contributed by atoms with Crippen molar-refractivity contribution in [3.8, 4) is 0 Å². The summed E-state index contributed by atoms with van der Waals surface area (Å²) in [5.74, 6) is -0.790. The van der Waals surface area contributed by atoms with Crippen LogP contribution in [0.3, 0.4) is 0 Å². The van der Waals surface area contributed by atoms with Gasteiger partial charge in [-0.3, -0.25) is 31.2 Å². The predicted molar refractivity (Wildman–Crippen MR) is 168 cm³/mol. The number of aliphatic hydroxyl groups excluding tert-OH is 2. The summed E-state index contributed by atoms with van der Waals surface area (Å²) in [5, 5.41) is 55.9. The average Bonchev–Trinajstić information content (AvgIpc) is 2.86. The molecule has 0 saturated heterocycles. The number of amides is 2. The topological polar surface area (TPSA) is 194 Å². The van der Waals surface area contributed by atoms with Crippen molar-refractivity contribution in [3.63, 3.8) is 0 Å². The lowest BCUT2D eigenvalue weighted by atomic mass is 10.1. The summed E-state index contributed by atoms with van der Waals surface area (Å²) in [4.78, 5) is 24.1. The Kier molecular flexibility index (Phi) is 17.8. The summed E-state index contributed by atoms with van der Waals surface area (Å²) in [7, 11) is 0. The number of nitrogens with one attached hydrogen (secondary N) is 6. The predicted octanol–water partition coefficient (Wildman–Crippen LogP) is 3.33. The molecule has 8 N–H and O–H groups in total. The molecule has 0 saturated carbocycles. The van der Waals surface area contributed by atoms with Crippen LogP contribution in [-0.4, -0.2) is 54.0 Å². The second kappa shape index (κ2) is 18.9. The van der Waals surface area contributed by atoms with Gasteiger partial charge in [-0.25, -0.2) is 0 Å². The van der Waals surface area contributed by atoms with Gasteiger partial charge in [0.05, 0.1) is 10.1 Å². The Balaban J connectivity index is 0.00000684. The molecule has 0 aromatic heterocycles. The van der Waals surface area contributed by atoms with Gasteiger partial charge in [0, 0.05) is 12.2 Å². The Morgan fingerprint density at radius 1 is 0.711 bits per heavy atom. The van der Waals surface area contributed by atoms with Crippen LogP contribution in [-0.2, 0) is 9.59 Å².